The van der Waals surface area contributed by atoms with Crippen LogP contribution in [0.25, 0.3) is 10.9 Å². The van der Waals surface area contributed by atoms with Crippen LogP contribution >= 0.6 is 11.6 Å². The van der Waals surface area contributed by atoms with Crippen molar-refractivity contribution in [1.29, 1.82) is 0 Å². The second kappa shape index (κ2) is 3.95. The van der Waals surface area contributed by atoms with Crippen LogP contribution in [0.2, 0.25) is 5.15 Å². The van der Waals surface area contributed by atoms with Crippen molar-refractivity contribution in [3.8, 4) is 0 Å². The number of carbonyl (C=O) groups is 1. The molecule has 0 aliphatic rings. The monoisotopic (exact) mass is 235 g/mol. The number of hydrogen-bond acceptors (Lipinski definition) is 1. The normalized spacial score (nSPS) is 11.3. The van der Waals surface area contributed by atoms with E-state index in [1.165, 1.54) is 0 Å². The number of hydrogen-bond donors (Lipinski definition) is 0. The van der Waals surface area contributed by atoms with E-state index in [2.05, 4.69) is 13.8 Å². The van der Waals surface area contributed by atoms with Crippen molar-refractivity contribution < 1.29 is 4.79 Å². The average Bonchev–Trinajstić information content (AvgIpc) is 2.51. The molecule has 0 fully saturated rings. The molecule has 0 N–H and O–H groups in total. The molecule has 0 saturated heterocycles. The Kier molecular flexibility index (Phi) is 2.76. The predicted molar refractivity (Wildman–Crippen MR) is 67.5 cm³/mol. The van der Waals surface area contributed by atoms with Gasteiger partial charge in [0.25, 0.3) is 0 Å². The van der Waals surface area contributed by atoms with Crippen LogP contribution in [0.3, 0.4) is 0 Å². The van der Waals surface area contributed by atoms with Crippen molar-refractivity contribution in [2.45, 2.75) is 26.8 Å². The van der Waals surface area contributed by atoms with Crippen LogP contribution in [0.1, 0.15) is 35.8 Å². The molecule has 1 aromatic heterocycles. The number of benzene rings is 1. The number of halogens is 1. The molecule has 0 aliphatic carbocycles. The Morgan fingerprint density at radius 2 is 2.06 bits per heavy atom. The van der Waals surface area contributed by atoms with Gasteiger partial charge in [-0.2, -0.15) is 0 Å². The van der Waals surface area contributed by atoms with Gasteiger partial charge in [0.05, 0.1) is 11.1 Å². The van der Waals surface area contributed by atoms with E-state index >= 15 is 0 Å². The SMILES string of the molecule is Cc1cccc2c1c(C=O)c(Cl)n2C(C)C. The minimum absolute atomic E-state index is 0.241. The Bertz CT molecular complexity index is 555. The lowest BCUT2D eigenvalue weighted by Gasteiger charge is -2.11. The fourth-order valence-corrected chi connectivity index (χ4v) is 2.58. The molecule has 1 aromatic carbocycles. The van der Waals surface area contributed by atoms with Gasteiger partial charge in [-0.05, 0) is 32.4 Å². The molecule has 3 heteroatoms. The summed E-state index contributed by atoms with van der Waals surface area (Å²) in [5.74, 6) is 0. The largest absolute Gasteiger partial charge is 0.328 e. The Morgan fingerprint density at radius 3 is 2.62 bits per heavy atom. The van der Waals surface area contributed by atoms with Crippen molar-refractivity contribution in [2.24, 2.45) is 0 Å². The first kappa shape index (κ1) is 11.2. The van der Waals surface area contributed by atoms with Crippen LogP contribution < -0.4 is 0 Å². The molecule has 2 nitrogen and oxygen atoms in total. The maximum Gasteiger partial charge on any atom is 0.153 e. The lowest BCUT2D eigenvalue weighted by atomic mass is 10.1. The van der Waals surface area contributed by atoms with Crippen LogP contribution in [0.15, 0.2) is 18.2 Å². The van der Waals surface area contributed by atoms with Gasteiger partial charge in [0, 0.05) is 11.4 Å². The molecule has 16 heavy (non-hydrogen) atoms. The van der Waals surface area contributed by atoms with Gasteiger partial charge in [-0.25, -0.2) is 0 Å². The van der Waals surface area contributed by atoms with Gasteiger partial charge in [-0.1, -0.05) is 23.7 Å². The fraction of sp³-hybridized carbons (Fsp3) is 0.308. The lowest BCUT2D eigenvalue weighted by Crippen LogP contribution is -2.00. The molecule has 0 bridgehead atoms. The first-order valence-corrected chi connectivity index (χ1v) is 5.70. The zero-order chi connectivity index (χ0) is 11.9. The molecule has 1 heterocycles. The highest BCUT2D eigenvalue weighted by Gasteiger charge is 2.17. The molecule has 0 unspecified atom stereocenters. The number of aryl methyl sites for hydroxylation is 1. The smallest absolute Gasteiger partial charge is 0.153 e. The Balaban J connectivity index is 2.97. The second-order valence-corrected chi connectivity index (χ2v) is 4.61. The van der Waals surface area contributed by atoms with Gasteiger partial charge in [0.15, 0.2) is 6.29 Å². The summed E-state index contributed by atoms with van der Waals surface area (Å²) < 4.78 is 1.99. The highest BCUT2D eigenvalue weighted by Crippen LogP contribution is 2.33. The minimum atomic E-state index is 0.241. The topological polar surface area (TPSA) is 22.0 Å². The number of aldehydes is 1. The van der Waals surface area contributed by atoms with E-state index in [1.807, 2.05) is 29.7 Å². The molecule has 2 rings (SSSR count). The number of aromatic nitrogens is 1. The first-order chi connectivity index (χ1) is 7.57. The van der Waals surface area contributed by atoms with Crippen LogP contribution in [0.4, 0.5) is 0 Å². The summed E-state index contributed by atoms with van der Waals surface area (Å²) >= 11 is 6.25. The van der Waals surface area contributed by atoms with Crippen molar-refractivity contribution in [3.05, 3.63) is 34.5 Å². The van der Waals surface area contributed by atoms with E-state index in [1.54, 1.807) is 0 Å². The molecule has 0 aliphatic heterocycles. The molecule has 0 amide bonds. The maximum absolute atomic E-state index is 11.1. The maximum atomic E-state index is 11.1. The zero-order valence-electron chi connectivity index (χ0n) is 9.62. The zero-order valence-corrected chi connectivity index (χ0v) is 10.4. The summed E-state index contributed by atoms with van der Waals surface area (Å²) in [7, 11) is 0. The third kappa shape index (κ3) is 1.45. The number of nitrogens with zero attached hydrogens (tertiary/aromatic N) is 1. The van der Waals surface area contributed by atoms with Gasteiger partial charge in [0.1, 0.15) is 5.15 Å². The van der Waals surface area contributed by atoms with Gasteiger partial charge in [-0.3, -0.25) is 4.79 Å². The quantitative estimate of drug-likeness (QED) is 0.722. The van der Waals surface area contributed by atoms with E-state index in [9.17, 15) is 4.79 Å². The number of fused-ring (bicyclic) bond motifs is 1. The van der Waals surface area contributed by atoms with Gasteiger partial charge >= 0.3 is 0 Å². The van der Waals surface area contributed by atoms with E-state index in [-0.39, 0.29) is 6.04 Å². The molecule has 0 saturated carbocycles. The highest BCUT2D eigenvalue weighted by molar-refractivity contribution is 6.34. The summed E-state index contributed by atoms with van der Waals surface area (Å²) in [4.78, 5) is 11.1. The van der Waals surface area contributed by atoms with Crippen molar-refractivity contribution in [2.75, 3.05) is 0 Å². The Labute approximate surface area is 99.8 Å². The molecular formula is C13H14ClNO. The third-order valence-electron chi connectivity index (χ3n) is 2.85. The van der Waals surface area contributed by atoms with Gasteiger partial charge < -0.3 is 4.57 Å². The van der Waals surface area contributed by atoms with Crippen LogP contribution in [0.5, 0.6) is 0 Å². The predicted octanol–water partition coefficient (Wildman–Crippen LogP) is 4.00. The average molecular weight is 236 g/mol. The molecule has 0 spiro atoms. The van der Waals surface area contributed by atoms with Crippen molar-refractivity contribution >= 4 is 28.8 Å². The standard InChI is InChI=1S/C13H14ClNO/c1-8(2)15-11-6-4-5-9(3)12(11)10(7-16)13(15)14/h4-8H,1-3H3. The van der Waals surface area contributed by atoms with Gasteiger partial charge in [-0.15, -0.1) is 0 Å². The van der Waals surface area contributed by atoms with Crippen LogP contribution in [0, 0.1) is 6.92 Å². The third-order valence-corrected chi connectivity index (χ3v) is 3.23. The summed E-state index contributed by atoms with van der Waals surface area (Å²) in [6, 6.07) is 6.23. The van der Waals surface area contributed by atoms with E-state index in [0.29, 0.717) is 10.7 Å². The Morgan fingerprint density at radius 1 is 1.38 bits per heavy atom. The summed E-state index contributed by atoms with van der Waals surface area (Å²) in [5, 5.41) is 1.51. The molecular weight excluding hydrogens is 222 g/mol. The van der Waals surface area contributed by atoms with Crippen molar-refractivity contribution in [1.82, 2.24) is 4.57 Å². The summed E-state index contributed by atoms with van der Waals surface area (Å²) in [6.45, 7) is 6.11. The number of carbonyl (C=O) groups excluding carboxylic acids is 1. The molecule has 84 valence electrons. The highest BCUT2D eigenvalue weighted by atomic mass is 35.5. The second-order valence-electron chi connectivity index (χ2n) is 4.26. The molecule has 2 aromatic rings. The number of rotatable bonds is 2. The van der Waals surface area contributed by atoms with Crippen molar-refractivity contribution in [3.63, 3.8) is 0 Å². The van der Waals surface area contributed by atoms with E-state index in [4.69, 9.17) is 11.6 Å². The van der Waals surface area contributed by atoms with E-state index < -0.39 is 0 Å². The molecule has 0 radical (unpaired) electrons. The Hall–Kier alpha value is -1.28. The van der Waals surface area contributed by atoms with Gasteiger partial charge in [0.2, 0.25) is 0 Å². The van der Waals surface area contributed by atoms with Crippen LogP contribution in [-0.2, 0) is 0 Å². The van der Waals surface area contributed by atoms with E-state index in [0.717, 1.165) is 22.8 Å². The fourth-order valence-electron chi connectivity index (χ4n) is 2.15. The molecule has 0 atom stereocenters. The minimum Gasteiger partial charge on any atom is -0.328 e. The summed E-state index contributed by atoms with van der Waals surface area (Å²) in [5.41, 5.74) is 2.71. The lowest BCUT2D eigenvalue weighted by molar-refractivity contribution is 0.112. The van der Waals surface area contributed by atoms with Crippen LogP contribution in [-0.4, -0.2) is 10.9 Å². The first-order valence-electron chi connectivity index (χ1n) is 5.32. The summed E-state index contributed by atoms with van der Waals surface area (Å²) in [6.07, 6.45) is 0.844.